The molecular weight excluding hydrogens is 982 g/mol. The first-order valence-electron chi connectivity index (χ1n) is 23.6. The van der Waals surface area contributed by atoms with Crippen molar-refractivity contribution in [1.29, 1.82) is 0 Å². The summed E-state index contributed by atoms with van der Waals surface area (Å²) in [7, 11) is -6.83. The lowest BCUT2D eigenvalue weighted by Crippen LogP contribution is -2.25. The molecule has 0 aliphatic heterocycles. The van der Waals surface area contributed by atoms with Gasteiger partial charge in [-0.25, -0.2) is 26.8 Å². The SMILES string of the molecule is Cc1oc(-c2ccc(C(=O)NCc3cccnc3)cc2)nc1CS(=O)(=O)[C@@H]1CC[C@H](CC(=O)OC(C)(C)C)C1.Cc1oc(-c2ccc(C(=O)NCc3cccnc3)cc2)nc1CS(=O)(=O)[C@@H]1CC[C@H](N)C1.Cl. The summed E-state index contributed by atoms with van der Waals surface area (Å²) >= 11 is 0. The predicted octanol–water partition coefficient (Wildman–Crippen LogP) is 7.98. The summed E-state index contributed by atoms with van der Waals surface area (Å²) in [6.45, 7) is 9.61. The average molecular weight is 1040 g/mol. The summed E-state index contributed by atoms with van der Waals surface area (Å²) in [5.41, 5.74) is 10.2. The summed E-state index contributed by atoms with van der Waals surface area (Å²) in [6.07, 6.45) is 10.4. The molecule has 2 amide bonds. The van der Waals surface area contributed by atoms with E-state index in [4.69, 9.17) is 19.3 Å². The second kappa shape index (κ2) is 24.0. The second-order valence-electron chi connectivity index (χ2n) is 19.2. The minimum Gasteiger partial charge on any atom is -0.460 e. The van der Waals surface area contributed by atoms with Crippen molar-refractivity contribution in [2.45, 2.75) is 126 Å². The first-order chi connectivity index (χ1) is 33.7. The molecule has 8 rings (SSSR count). The van der Waals surface area contributed by atoms with Crippen molar-refractivity contribution in [3.05, 3.63) is 143 Å². The van der Waals surface area contributed by atoms with Gasteiger partial charge in [0, 0.05) is 72.6 Å². The second-order valence-corrected chi connectivity index (χ2v) is 23.7. The number of nitrogens with zero attached hydrogens (tertiary/aromatic N) is 4. The van der Waals surface area contributed by atoms with Gasteiger partial charge in [0.25, 0.3) is 11.8 Å². The highest BCUT2D eigenvalue weighted by Crippen LogP contribution is 2.36. The lowest BCUT2D eigenvalue weighted by Gasteiger charge is -2.20. The minimum atomic E-state index is -3.49. The van der Waals surface area contributed by atoms with Crippen LogP contribution in [-0.4, -0.2) is 76.7 Å². The standard InChI is InChI=1S/C29H35N3O6S.C23H26N4O4S.ClH/c1-19-25(18-39(35,36)24-12-7-20(14-24)15-26(33)38-29(2,3)4)32-28(37-19)23-10-8-22(9-11-23)27(34)31-17-21-6-5-13-30-16-21;1-15-21(14-32(29,30)20-9-8-19(24)11-20)27-23(31-15)18-6-4-17(5-7-18)22(28)26-13-16-3-2-10-25-12-16;/h5-6,8-11,13,16,20,24H,7,12,14-15,17-18H2,1-4H3,(H,31,34);2-7,10,12,19-20H,8-9,11,13-14,24H2,1H3,(H,26,28);1H/t20-,24+;19-,20+;/m00./s1. The highest BCUT2D eigenvalue weighted by molar-refractivity contribution is 7.91. The Morgan fingerprint density at radius 1 is 0.667 bits per heavy atom. The quantitative estimate of drug-likeness (QED) is 0.0777. The van der Waals surface area contributed by atoms with Crippen molar-refractivity contribution in [3.63, 3.8) is 0 Å². The number of carbonyl (C=O) groups excluding carboxylic acids is 3. The number of pyridine rings is 2. The van der Waals surface area contributed by atoms with Gasteiger partial charge >= 0.3 is 5.97 Å². The molecule has 2 aromatic carbocycles. The Hall–Kier alpha value is -6.28. The van der Waals surface area contributed by atoms with Crippen molar-refractivity contribution in [2.75, 3.05) is 0 Å². The Labute approximate surface area is 426 Å². The molecule has 2 saturated carbocycles. The van der Waals surface area contributed by atoms with Crippen molar-refractivity contribution in [2.24, 2.45) is 11.7 Å². The normalized spacial score (nSPS) is 17.8. The van der Waals surface area contributed by atoms with Crippen LogP contribution in [0.1, 0.15) is 120 Å². The molecule has 4 atom stereocenters. The number of benzene rings is 2. The highest BCUT2D eigenvalue weighted by Gasteiger charge is 2.37. The molecule has 2 aliphatic carbocycles. The fraction of sp³-hybridized carbons (Fsp3) is 0.404. The Morgan fingerprint density at radius 3 is 1.51 bits per heavy atom. The molecule has 72 heavy (non-hydrogen) atoms. The third-order valence-electron chi connectivity index (χ3n) is 12.4. The Kier molecular flexibility index (Phi) is 18.3. The molecule has 0 bridgehead atoms. The maximum absolute atomic E-state index is 13.2. The molecule has 6 aromatic rings. The van der Waals surface area contributed by atoms with Gasteiger partial charge in [0.1, 0.15) is 17.1 Å². The number of aromatic nitrogens is 4. The van der Waals surface area contributed by atoms with Gasteiger partial charge in [0.15, 0.2) is 19.7 Å². The van der Waals surface area contributed by atoms with Crippen molar-refractivity contribution in [3.8, 4) is 22.9 Å². The van der Waals surface area contributed by atoms with Crippen molar-refractivity contribution < 1.29 is 44.8 Å². The molecular formula is C52H62ClN7O10S2. The molecule has 4 N–H and O–H groups in total. The topological polar surface area (TPSA) is 257 Å². The van der Waals surface area contributed by atoms with E-state index in [2.05, 4.69) is 30.6 Å². The molecule has 4 aromatic heterocycles. The zero-order valence-corrected chi connectivity index (χ0v) is 43.4. The number of esters is 1. The number of aryl methyl sites for hydroxylation is 2. The minimum absolute atomic E-state index is 0. The summed E-state index contributed by atoms with van der Waals surface area (Å²) in [6, 6.07) is 21.0. The van der Waals surface area contributed by atoms with Crippen molar-refractivity contribution >= 4 is 49.9 Å². The number of halogens is 1. The molecule has 0 unspecified atom stereocenters. The van der Waals surface area contributed by atoms with Crippen LogP contribution in [0.2, 0.25) is 0 Å². The maximum Gasteiger partial charge on any atom is 0.306 e. The maximum atomic E-state index is 13.2. The van der Waals surface area contributed by atoms with Crippen LogP contribution in [0.3, 0.4) is 0 Å². The molecule has 0 saturated heterocycles. The predicted molar refractivity (Wildman–Crippen MR) is 274 cm³/mol. The number of carbonyl (C=O) groups is 3. The van der Waals surface area contributed by atoms with Crippen LogP contribution in [0.4, 0.5) is 0 Å². The Bertz CT molecular complexity index is 3020. The van der Waals surface area contributed by atoms with Gasteiger partial charge in [-0.2, -0.15) is 0 Å². The van der Waals surface area contributed by atoms with E-state index in [1.807, 2.05) is 45.0 Å². The van der Waals surface area contributed by atoms with Gasteiger partial charge in [-0.1, -0.05) is 12.1 Å². The lowest BCUT2D eigenvalue weighted by molar-refractivity contribution is -0.155. The molecule has 0 spiro atoms. The largest absolute Gasteiger partial charge is 0.460 e. The van der Waals surface area contributed by atoms with E-state index in [1.165, 1.54) is 0 Å². The summed E-state index contributed by atoms with van der Waals surface area (Å²) in [4.78, 5) is 54.0. The number of rotatable bonds is 16. The highest BCUT2D eigenvalue weighted by atomic mass is 35.5. The monoisotopic (exact) mass is 1040 g/mol. The molecule has 2 aliphatic rings. The van der Waals surface area contributed by atoms with E-state index in [0.717, 1.165) is 17.5 Å². The Balaban J connectivity index is 0.000000236. The van der Waals surface area contributed by atoms with Crippen LogP contribution in [0, 0.1) is 19.8 Å². The van der Waals surface area contributed by atoms with E-state index in [1.54, 1.807) is 87.2 Å². The number of sulfone groups is 2. The first kappa shape index (κ1) is 55.0. The number of oxazole rings is 2. The van der Waals surface area contributed by atoms with Crippen LogP contribution >= 0.6 is 12.4 Å². The van der Waals surface area contributed by atoms with E-state index in [0.29, 0.717) is 102 Å². The number of nitrogens with one attached hydrogen (secondary N) is 2. The Morgan fingerprint density at radius 2 is 1.11 bits per heavy atom. The van der Waals surface area contributed by atoms with Crippen LogP contribution in [0.15, 0.2) is 106 Å². The first-order valence-corrected chi connectivity index (χ1v) is 27.0. The van der Waals surface area contributed by atoms with Crippen LogP contribution in [0.25, 0.3) is 22.9 Å². The fourth-order valence-electron chi connectivity index (χ4n) is 8.55. The fourth-order valence-corrected chi connectivity index (χ4v) is 12.4. The zero-order valence-electron chi connectivity index (χ0n) is 41.0. The zero-order chi connectivity index (χ0) is 50.9. The van der Waals surface area contributed by atoms with Crippen LogP contribution in [-0.2, 0) is 53.8 Å². The van der Waals surface area contributed by atoms with E-state index in [9.17, 15) is 31.2 Å². The van der Waals surface area contributed by atoms with Gasteiger partial charge in [0.05, 0.1) is 33.4 Å². The number of ether oxygens (including phenoxy) is 1. The molecule has 17 nitrogen and oxygen atoms in total. The smallest absolute Gasteiger partial charge is 0.306 e. The van der Waals surface area contributed by atoms with Gasteiger partial charge < -0.3 is 29.9 Å². The molecule has 0 radical (unpaired) electrons. The number of amides is 2. The lowest BCUT2D eigenvalue weighted by atomic mass is 10.0. The van der Waals surface area contributed by atoms with E-state index in [-0.39, 0.29) is 60.1 Å². The van der Waals surface area contributed by atoms with Gasteiger partial charge in [-0.3, -0.25) is 24.4 Å². The number of hydrogen-bond donors (Lipinski definition) is 3. The number of nitrogens with two attached hydrogens (primary N) is 1. The van der Waals surface area contributed by atoms with Crippen molar-refractivity contribution in [1.82, 2.24) is 30.6 Å². The van der Waals surface area contributed by atoms with E-state index >= 15 is 0 Å². The molecule has 4 heterocycles. The molecule has 2 fully saturated rings. The third-order valence-corrected chi connectivity index (χ3v) is 16.6. The summed E-state index contributed by atoms with van der Waals surface area (Å²) in [5, 5.41) is 4.77. The molecule has 20 heteroatoms. The van der Waals surface area contributed by atoms with Gasteiger partial charge in [-0.15, -0.1) is 12.4 Å². The number of hydrogen-bond acceptors (Lipinski definition) is 15. The van der Waals surface area contributed by atoms with Crippen LogP contribution in [0.5, 0.6) is 0 Å². The average Bonchev–Trinajstić information content (AvgIpc) is 4.16. The third kappa shape index (κ3) is 15.1. The summed E-state index contributed by atoms with van der Waals surface area (Å²) in [5.74, 6) is 0.447. The van der Waals surface area contributed by atoms with Crippen LogP contribution < -0.4 is 16.4 Å². The van der Waals surface area contributed by atoms with Gasteiger partial charge in [-0.05, 0) is 151 Å². The molecule has 384 valence electrons. The van der Waals surface area contributed by atoms with E-state index < -0.39 is 35.8 Å². The van der Waals surface area contributed by atoms with Gasteiger partial charge in [0.2, 0.25) is 11.8 Å². The summed E-state index contributed by atoms with van der Waals surface area (Å²) < 4.78 is 68.8.